The van der Waals surface area contributed by atoms with E-state index in [1.807, 2.05) is 4.90 Å². The van der Waals surface area contributed by atoms with E-state index in [1.165, 1.54) is 13.2 Å². The van der Waals surface area contributed by atoms with Crippen molar-refractivity contribution in [3.63, 3.8) is 0 Å². The van der Waals surface area contributed by atoms with Crippen molar-refractivity contribution < 1.29 is 23.0 Å². The van der Waals surface area contributed by atoms with Gasteiger partial charge >= 0.3 is 12.6 Å². The van der Waals surface area contributed by atoms with Gasteiger partial charge in [0.15, 0.2) is 0 Å². The lowest BCUT2D eigenvalue weighted by Gasteiger charge is -2.33. The van der Waals surface area contributed by atoms with Crippen LogP contribution in [-0.4, -0.2) is 50.8 Å². The van der Waals surface area contributed by atoms with Crippen molar-refractivity contribution >= 4 is 5.97 Å². The number of nitrogens with one attached hydrogen (secondary N) is 1. The van der Waals surface area contributed by atoms with Crippen LogP contribution in [0.4, 0.5) is 8.78 Å². The molecule has 1 aliphatic rings. The predicted molar refractivity (Wildman–Crippen MR) is 72.3 cm³/mol. The van der Waals surface area contributed by atoms with Crippen LogP contribution in [0.25, 0.3) is 0 Å². The van der Waals surface area contributed by atoms with Crippen LogP contribution in [0.3, 0.4) is 0 Å². The van der Waals surface area contributed by atoms with Gasteiger partial charge in [0, 0.05) is 31.7 Å². The maximum Gasteiger partial charge on any atom is 0.387 e. The van der Waals surface area contributed by atoms with E-state index in [1.54, 1.807) is 18.2 Å². The lowest BCUT2D eigenvalue weighted by molar-refractivity contribution is -0.147. The number of carbonyl (C=O) groups excluding carboxylic acids is 1. The van der Waals surface area contributed by atoms with Crippen molar-refractivity contribution in [3.8, 4) is 5.75 Å². The fraction of sp³-hybridized carbons (Fsp3) is 0.500. The van der Waals surface area contributed by atoms with Gasteiger partial charge in [-0.15, -0.1) is 0 Å². The molecule has 1 unspecified atom stereocenters. The van der Waals surface area contributed by atoms with E-state index in [-0.39, 0.29) is 5.75 Å². The summed E-state index contributed by atoms with van der Waals surface area (Å²) in [5, 5.41) is 3.18. The Balaban J connectivity index is 2.33. The van der Waals surface area contributed by atoms with Crippen molar-refractivity contribution in [3.05, 3.63) is 29.8 Å². The monoisotopic (exact) mass is 300 g/mol. The van der Waals surface area contributed by atoms with E-state index in [0.717, 1.165) is 13.1 Å². The first kappa shape index (κ1) is 15.7. The topological polar surface area (TPSA) is 50.8 Å². The first-order chi connectivity index (χ1) is 10.1. The normalized spacial score (nSPS) is 17.5. The van der Waals surface area contributed by atoms with Crippen LogP contribution < -0.4 is 10.1 Å². The lowest BCUT2D eigenvalue weighted by Crippen LogP contribution is -2.47. The summed E-state index contributed by atoms with van der Waals surface area (Å²) in [4.78, 5) is 14.0. The maximum absolute atomic E-state index is 12.5. The number of nitrogens with zero attached hydrogens (tertiary/aromatic N) is 1. The Morgan fingerprint density at radius 3 is 2.57 bits per heavy atom. The number of esters is 1. The number of piperazine rings is 1. The van der Waals surface area contributed by atoms with E-state index in [2.05, 4.69) is 10.1 Å². The van der Waals surface area contributed by atoms with Crippen molar-refractivity contribution in [2.24, 2.45) is 0 Å². The smallest absolute Gasteiger partial charge is 0.387 e. The van der Waals surface area contributed by atoms with Gasteiger partial charge in [0.25, 0.3) is 0 Å². The molecule has 0 bridgehead atoms. The van der Waals surface area contributed by atoms with Gasteiger partial charge < -0.3 is 14.8 Å². The van der Waals surface area contributed by atoms with Gasteiger partial charge in [0.1, 0.15) is 11.8 Å². The second-order valence-electron chi connectivity index (χ2n) is 4.63. The fourth-order valence-corrected chi connectivity index (χ4v) is 2.43. The quantitative estimate of drug-likeness (QED) is 0.833. The molecular weight excluding hydrogens is 282 g/mol. The minimum atomic E-state index is -2.94. The van der Waals surface area contributed by atoms with Gasteiger partial charge in [-0.2, -0.15) is 8.78 Å². The summed E-state index contributed by atoms with van der Waals surface area (Å²) in [5.41, 5.74) is 0.395. The predicted octanol–water partition coefficient (Wildman–Crippen LogP) is 1.41. The molecule has 7 heteroatoms. The van der Waals surface area contributed by atoms with Crippen LogP contribution in [0.15, 0.2) is 24.3 Å². The SMILES string of the molecule is COC(=O)C(c1ccccc1OC(F)F)N1CCNCC1. The molecule has 1 aliphatic heterocycles. The number of alkyl halides is 2. The Morgan fingerprint density at radius 1 is 1.29 bits per heavy atom. The van der Waals surface area contributed by atoms with Gasteiger partial charge in [-0.25, -0.2) is 4.79 Å². The highest BCUT2D eigenvalue weighted by Gasteiger charge is 2.32. The molecule has 1 saturated heterocycles. The Morgan fingerprint density at radius 2 is 1.95 bits per heavy atom. The van der Waals surface area contributed by atoms with Gasteiger partial charge in [0.05, 0.1) is 7.11 Å². The highest BCUT2D eigenvalue weighted by molar-refractivity contribution is 5.78. The number of hydrogen-bond donors (Lipinski definition) is 1. The molecule has 116 valence electrons. The molecule has 1 fully saturated rings. The molecule has 1 atom stereocenters. The summed E-state index contributed by atoms with van der Waals surface area (Å²) in [5.74, 6) is -0.483. The average molecular weight is 300 g/mol. The van der Waals surface area contributed by atoms with Crippen molar-refractivity contribution in [2.45, 2.75) is 12.7 Å². The molecule has 1 aromatic rings. The molecule has 0 aromatic heterocycles. The third-order valence-electron chi connectivity index (χ3n) is 3.37. The molecular formula is C14H18F2N2O3. The number of benzene rings is 1. The zero-order chi connectivity index (χ0) is 15.2. The summed E-state index contributed by atoms with van der Waals surface area (Å²) < 4.78 is 34.4. The van der Waals surface area contributed by atoms with E-state index >= 15 is 0 Å². The first-order valence-electron chi connectivity index (χ1n) is 6.70. The molecule has 21 heavy (non-hydrogen) atoms. The van der Waals surface area contributed by atoms with Crippen LogP contribution >= 0.6 is 0 Å². The number of halogens is 2. The summed E-state index contributed by atoms with van der Waals surface area (Å²) in [6.45, 7) is -0.227. The molecule has 5 nitrogen and oxygen atoms in total. The largest absolute Gasteiger partial charge is 0.468 e. The van der Waals surface area contributed by atoms with Gasteiger partial charge in [0.2, 0.25) is 0 Å². The zero-order valence-corrected chi connectivity index (χ0v) is 11.7. The van der Waals surface area contributed by atoms with E-state index in [4.69, 9.17) is 4.74 Å². The highest BCUT2D eigenvalue weighted by Crippen LogP contribution is 2.31. The van der Waals surface area contributed by atoms with Crippen LogP contribution in [0, 0.1) is 0 Å². The number of hydrogen-bond acceptors (Lipinski definition) is 5. The van der Waals surface area contributed by atoms with E-state index in [9.17, 15) is 13.6 Å². The van der Waals surface area contributed by atoms with Gasteiger partial charge in [-0.1, -0.05) is 18.2 Å². The summed E-state index contributed by atoms with van der Waals surface area (Å²) in [6.07, 6.45) is 0. The van der Waals surface area contributed by atoms with Crippen molar-refractivity contribution in [1.82, 2.24) is 10.2 Å². The Labute approximate surface area is 121 Å². The Hall–Kier alpha value is -1.73. The summed E-state index contributed by atoms with van der Waals surface area (Å²) >= 11 is 0. The number of rotatable bonds is 5. The molecule has 0 spiro atoms. The van der Waals surface area contributed by atoms with Crippen LogP contribution in [0.2, 0.25) is 0 Å². The van der Waals surface area contributed by atoms with Crippen molar-refractivity contribution in [1.29, 1.82) is 0 Å². The van der Waals surface area contributed by atoms with E-state index < -0.39 is 18.6 Å². The Bertz CT molecular complexity index is 479. The highest BCUT2D eigenvalue weighted by atomic mass is 19.3. The second-order valence-corrected chi connectivity index (χ2v) is 4.63. The maximum atomic E-state index is 12.5. The number of ether oxygens (including phenoxy) is 2. The molecule has 2 rings (SSSR count). The molecule has 0 aliphatic carbocycles. The third-order valence-corrected chi connectivity index (χ3v) is 3.37. The second kappa shape index (κ2) is 7.33. The first-order valence-corrected chi connectivity index (χ1v) is 6.70. The molecule has 1 heterocycles. The average Bonchev–Trinajstić information content (AvgIpc) is 2.49. The minimum absolute atomic E-state index is 0.00133. The number of para-hydroxylation sites is 1. The minimum Gasteiger partial charge on any atom is -0.468 e. The number of methoxy groups -OCH3 is 1. The molecule has 0 saturated carbocycles. The van der Waals surface area contributed by atoms with Crippen LogP contribution in [-0.2, 0) is 9.53 Å². The molecule has 1 aromatic carbocycles. The fourth-order valence-electron chi connectivity index (χ4n) is 2.43. The van der Waals surface area contributed by atoms with Crippen LogP contribution in [0.5, 0.6) is 5.75 Å². The summed E-state index contributed by atoms with van der Waals surface area (Å²) in [6, 6.07) is 5.58. The van der Waals surface area contributed by atoms with E-state index in [0.29, 0.717) is 18.7 Å². The Kier molecular flexibility index (Phi) is 5.46. The standard InChI is InChI=1S/C14H18F2N2O3/c1-20-13(19)12(18-8-6-17-7-9-18)10-4-2-3-5-11(10)21-14(15)16/h2-5,12,14,17H,6-9H2,1H3. The van der Waals surface area contributed by atoms with Gasteiger partial charge in [-0.05, 0) is 6.07 Å². The molecule has 0 amide bonds. The van der Waals surface area contributed by atoms with Crippen LogP contribution in [0.1, 0.15) is 11.6 Å². The third kappa shape index (κ3) is 3.89. The summed E-state index contributed by atoms with van der Waals surface area (Å²) in [7, 11) is 1.29. The number of carbonyl (C=O) groups is 1. The zero-order valence-electron chi connectivity index (χ0n) is 11.7. The van der Waals surface area contributed by atoms with Gasteiger partial charge in [-0.3, -0.25) is 4.90 Å². The molecule has 1 N–H and O–H groups in total. The molecule has 0 radical (unpaired) electrons. The lowest BCUT2D eigenvalue weighted by atomic mass is 10.0. The van der Waals surface area contributed by atoms with Crippen molar-refractivity contribution in [2.75, 3.05) is 33.3 Å².